The van der Waals surface area contributed by atoms with E-state index in [9.17, 15) is 5.11 Å². The fourth-order valence-electron chi connectivity index (χ4n) is 2.45. The molecule has 0 radical (unpaired) electrons. The number of anilines is 1. The highest BCUT2D eigenvalue weighted by Crippen LogP contribution is 2.35. The summed E-state index contributed by atoms with van der Waals surface area (Å²) in [6.45, 7) is 6.82. The first-order chi connectivity index (χ1) is 8.18. The second kappa shape index (κ2) is 5.05. The van der Waals surface area contributed by atoms with Crippen LogP contribution in [0, 0.1) is 5.41 Å². The number of rotatable bonds is 3. The van der Waals surface area contributed by atoms with Crippen molar-refractivity contribution in [1.29, 1.82) is 0 Å². The van der Waals surface area contributed by atoms with E-state index in [1.807, 2.05) is 18.3 Å². The van der Waals surface area contributed by atoms with Crippen LogP contribution in [0.4, 0.5) is 5.82 Å². The number of aliphatic hydroxyl groups excluding tert-OH is 1. The number of piperidine rings is 1. The zero-order valence-corrected chi connectivity index (χ0v) is 10.8. The summed E-state index contributed by atoms with van der Waals surface area (Å²) in [6, 6.07) is 3.84. The highest BCUT2D eigenvalue weighted by molar-refractivity contribution is 5.46. The SMILES string of the molecule is CCC1(C)CCN(c2ncccc2CO)CC1. The predicted octanol–water partition coefficient (Wildman–Crippen LogP) is 2.59. The Kier molecular flexibility index (Phi) is 3.67. The average molecular weight is 234 g/mol. The first kappa shape index (κ1) is 12.4. The molecule has 1 aromatic heterocycles. The molecule has 1 aliphatic heterocycles. The van der Waals surface area contributed by atoms with E-state index in [2.05, 4.69) is 23.7 Å². The van der Waals surface area contributed by atoms with Gasteiger partial charge in [0.15, 0.2) is 0 Å². The van der Waals surface area contributed by atoms with E-state index in [1.54, 1.807) is 0 Å². The number of nitrogens with zero attached hydrogens (tertiary/aromatic N) is 2. The molecular formula is C14H22N2O. The van der Waals surface area contributed by atoms with Crippen molar-refractivity contribution in [2.45, 2.75) is 39.7 Å². The van der Waals surface area contributed by atoms with Gasteiger partial charge in [-0.1, -0.05) is 26.3 Å². The maximum absolute atomic E-state index is 9.33. The van der Waals surface area contributed by atoms with Gasteiger partial charge in [-0.3, -0.25) is 0 Å². The highest BCUT2D eigenvalue weighted by Gasteiger charge is 2.29. The summed E-state index contributed by atoms with van der Waals surface area (Å²) < 4.78 is 0. The van der Waals surface area contributed by atoms with Crippen molar-refractivity contribution in [2.24, 2.45) is 5.41 Å². The first-order valence-electron chi connectivity index (χ1n) is 6.48. The lowest BCUT2D eigenvalue weighted by atomic mass is 9.78. The van der Waals surface area contributed by atoms with Crippen LogP contribution in [0.3, 0.4) is 0 Å². The van der Waals surface area contributed by atoms with Gasteiger partial charge in [0.1, 0.15) is 5.82 Å². The van der Waals surface area contributed by atoms with Gasteiger partial charge in [-0.2, -0.15) is 0 Å². The van der Waals surface area contributed by atoms with Crippen molar-refractivity contribution in [1.82, 2.24) is 4.98 Å². The van der Waals surface area contributed by atoms with E-state index in [0.717, 1.165) is 24.5 Å². The molecule has 0 spiro atoms. The Labute approximate surface area is 103 Å². The van der Waals surface area contributed by atoms with Crippen LogP contribution in [0.1, 0.15) is 38.7 Å². The summed E-state index contributed by atoms with van der Waals surface area (Å²) in [5.41, 5.74) is 1.43. The molecule has 94 valence electrons. The number of pyridine rings is 1. The Bertz CT molecular complexity index is 370. The maximum Gasteiger partial charge on any atom is 0.134 e. The molecule has 1 saturated heterocycles. The van der Waals surface area contributed by atoms with Gasteiger partial charge >= 0.3 is 0 Å². The Morgan fingerprint density at radius 3 is 2.71 bits per heavy atom. The summed E-state index contributed by atoms with van der Waals surface area (Å²) in [6.07, 6.45) is 5.48. The number of aliphatic hydroxyl groups is 1. The van der Waals surface area contributed by atoms with Gasteiger partial charge in [0.2, 0.25) is 0 Å². The molecule has 1 aliphatic rings. The third-order valence-corrected chi connectivity index (χ3v) is 4.16. The summed E-state index contributed by atoms with van der Waals surface area (Å²) in [4.78, 5) is 6.72. The first-order valence-corrected chi connectivity index (χ1v) is 6.48. The lowest BCUT2D eigenvalue weighted by Gasteiger charge is -2.40. The zero-order valence-electron chi connectivity index (χ0n) is 10.8. The van der Waals surface area contributed by atoms with Crippen molar-refractivity contribution >= 4 is 5.82 Å². The van der Waals surface area contributed by atoms with E-state index in [1.165, 1.54) is 19.3 Å². The monoisotopic (exact) mass is 234 g/mol. The minimum atomic E-state index is 0.0741. The summed E-state index contributed by atoms with van der Waals surface area (Å²) in [5.74, 6) is 0.966. The van der Waals surface area contributed by atoms with Crippen LogP contribution in [0.15, 0.2) is 18.3 Å². The summed E-state index contributed by atoms with van der Waals surface area (Å²) in [5, 5.41) is 9.33. The second-order valence-electron chi connectivity index (χ2n) is 5.30. The van der Waals surface area contributed by atoms with Gasteiger partial charge in [-0.05, 0) is 24.3 Å². The van der Waals surface area contributed by atoms with Crippen molar-refractivity contribution in [3.63, 3.8) is 0 Å². The molecule has 0 amide bonds. The van der Waals surface area contributed by atoms with Gasteiger partial charge < -0.3 is 10.0 Å². The molecule has 0 unspecified atom stereocenters. The van der Waals surface area contributed by atoms with Crippen LogP contribution >= 0.6 is 0 Å². The molecule has 0 aromatic carbocycles. The molecule has 1 fully saturated rings. The molecule has 0 bridgehead atoms. The van der Waals surface area contributed by atoms with Crippen molar-refractivity contribution in [3.05, 3.63) is 23.9 Å². The molecule has 1 N–H and O–H groups in total. The minimum absolute atomic E-state index is 0.0741. The fourth-order valence-corrected chi connectivity index (χ4v) is 2.45. The van der Waals surface area contributed by atoms with Gasteiger partial charge in [-0.25, -0.2) is 4.98 Å². The van der Waals surface area contributed by atoms with Crippen molar-refractivity contribution in [3.8, 4) is 0 Å². The van der Waals surface area contributed by atoms with Gasteiger partial charge in [-0.15, -0.1) is 0 Å². The standard InChI is InChI=1S/C14H22N2O/c1-3-14(2)6-9-16(10-7-14)13-12(11-17)5-4-8-15-13/h4-5,8,17H,3,6-7,9-11H2,1-2H3. The van der Waals surface area contributed by atoms with Crippen LogP contribution in [-0.4, -0.2) is 23.2 Å². The van der Waals surface area contributed by atoms with Crippen molar-refractivity contribution < 1.29 is 5.11 Å². The lowest BCUT2D eigenvalue weighted by Crippen LogP contribution is -2.39. The Hall–Kier alpha value is -1.09. The highest BCUT2D eigenvalue weighted by atomic mass is 16.3. The van der Waals surface area contributed by atoms with E-state index >= 15 is 0 Å². The topological polar surface area (TPSA) is 36.4 Å². The van der Waals surface area contributed by atoms with Crippen LogP contribution < -0.4 is 4.90 Å². The summed E-state index contributed by atoms with van der Waals surface area (Å²) >= 11 is 0. The molecule has 2 rings (SSSR count). The molecule has 3 heteroatoms. The Morgan fingerprint density at radius 1 is 1.41 bits per heavy atom. The summed E-state index contributed by atoms with van der Waals surface area (Å²) in [7, 11) is 0. The smallest absolute Gasteiger partial charge is 0.134 e. The van der Waals surface area contributed by atoms with Gasteiger partial charge in [0.05, 0.1) is 6.61 Å². The van der Waals surface area contributed by atoms with Crippen LogP contribution in [-0.2, 0) is 6.61 Å². The average Bonchev–Trinajstić information content (AvgIpc) is 2.40. The molecular weight excluding hydrogens is 212 g/mol. The van der Waals surface area contributed by atoms with E-state index in [-0.39, 0.29) is 6.61 Å². The Morgan fingerprint density at radius 2 is 2.12 bits per heavy atom. The fraction of sp³-hybridized carbons (Fsp3) is 0.643. The minimum Gasteiger partial charge on any atom is -0.392 e. The molecule has 2 heterocycles. The predicted molar refractivity (Wildman–Crippen MR) is 70.0 cm³/mol. The number of aromatic nitrogens is 1. The molecule has 1 aromatic rings. The maximum atomic E-state index is 9.33. The van der Waals surface area contributed by atoms with E-state index < -0.39 is 0 Å². The molecule has 3 nitrogen and oxygen atoms in total. The zero-order chi connectivity index (χ0) is 12.3. The Balaban J connectivity index is 2.10. The van der Waals surface area contributed by atoms with E-state index in [0.29, 0.717) is 5.41 Å². The molecule has 0 atom stereocenters. The van der Waals surface area contributed by atoms with Crippen LogP contribution in [0.5, 0.6) is 0 Å². The second-order valence-corrected chi connectivity index (χ2v) is 5.30. The van der Waals surface area contributed by atoms with Gasteiger partial charge in [0.25, 0.3) is 0 Å². The lowest BCUT2D eigenvalue weighted by molar-refractivity contribution is 0.236. The van der Waals surface area contributed by atoms with Gasteiger partial charge in [0, 0.05) is 24.8 Å². The van der Waals surface area contributed by atoms with E-state index in [4.69, 9.17) is 0 Å². The molecule has 0 saturated carbocycles. The third kappa shape index (κ3) is 2.60. The molecule has 17 heavy (non-hydrogen) atoms. The normalized spacial score (nSPS) is 19.4. The van der Waals surface area contributed by atoms with Crippen molar-refractivity contribution in [2.75, 3.05) is 18.0 Å². The third-order valence-electron chi connectivity index (χ3n) is 4.16. The van der Waals surface area contributed by atoms with Crippen LogP contribution in [0.25, 0.3) is 0 Å². The van der Waals surface area contributed by atoms with Crippen LogP contribution in [0.2, 0.25) is 0 Å². The number of hydrogen-bond acceptors (Lipinski definition) is 3. The number of hydrogen-bond donors (Lipinski definition) is 1. The molecule has 0 aliphatic carbocycles. The quantitative estimate of drug-likeness (QED) is 0.873. The largest absolute Gasteiger partial charge is 0.392 e.